The Morgan fingerprint density at radius 1 is 0.542 bits per heavy atom. The van der Waals surface area contributed by atoms with Crippen LogP contribution in [0.5, 0.6) is 0 Å². The molecule has 8 atom stereocenters. The lowest BCUT2D eigenvalue weighted by Gasteiger charge is -2.24. The first-order chi connectivity index (χ1) is 11.1. The van der Waals surface area contributed by atoms with E-state index in [-0.39, 0.29) is 6.29 Å². The summed E-state index contributed by atoms with van der Waals surface area (Å²) < 4.78 is 0. The molecule has 0 aromatic rings. The summed E-state index contributed by atoms with van der Waals surface area (Å²) in [4.78, 5) is 9.90. The van der Waals surface area contributed by atoms with Crippen LogP contribution in [0.1, 0.15) is 0 Å². The minimum Gasteiger partial charge on any atom is -0.394 e. The summed E-state index contributed by atoms with van der Waals surface area (Å²) in [5.74, 6) is 0. The average Bonchev–Trinajstić information content (AvgIpc) is 2.62. The topological polar surface area (TPSA) is 240 Å². The van der Waals surface area contributed by atoms with E-state index in [1.165, 1.54) is 0 Å². The minimum atomic E-state index is -1.79. The fraction of sp³-hybridized carbons (Fsp3) is 0.917. The maximum atomic E-state index is 9.90. The lowest BCUT2D eigenvalue weighted by atomic mass is 10.0. The fourth-order valence-electron chi connectivity index (χ4n) is 1.29. The standard InChI is InChI=1S/C6H14O6.C6H12O6/c2*7-1-3(9)5(11)6(12)4(10)2-8/h3-12H,1-2H2;1,3-6,8-12H,2H2/t2*3-,4+,5+,6-/m.0/s1. The van der Waals surface area contributed by atoms with Crippen molar-refractivity contribution in [2.75, 3.05) is 19.8 Å². The number of carbonyl (C=O) groups excluding carboxylic acids is 1. The quantitative estimate of drug-likeness (QED) is 0.162. The van der Waals surface area contributed by atoms with Crippen LogP contribution >= 0.6 is 0 Å². The fourth-order valence-corrected chi connectivity index (χ4v) is 1.29. The molecule has 0 saturated carbocycles. The Balaban J connectivity index is 0. The van der Waals surface area contributed by atoms with E-state index in [1.54, 1.807) is 0 Å². The highest BCUT2D eigenvalue weighted by Crippen LogP contribution is 2.04. The molecule has 0 spiro atoms. The van der Waals surface area contributed by atoms with Crippen molar-refractivity contribution in [1.82, 2.24) is 0 Å². The number of aliphatic hydroxyl groups excluding tert-OH is 11. The van der Waals surface area contributed by atoms with Gasteiger partial charge in [-0.3, -0.25) is 0 Å². The van der Waals surface area contributed by atoms with E-state index in [4.69, 9.17) is 56.2 Å². The van der Waals surface area contributed by atoms with Gasteiger partial charge in [0.2, 0.25) is 0 Å². The molecule has 0 heterocycles. The van der Waals surface area contributed by atoms with E-state index in [0.717, 1.165) is 0 Å². The molecule has 146 valence electrons. The van der Waals surface area contributed by atoms with Crippen molar-refractivity contribution in [1.29, 1.82) is 0 Å². The number of aliphatic hydroxyl groups is 11. The number of rotatable bonds is 10. The Hall–Kier alpha value is -0.770. The van der Waals surface area contributed by atoms with Gasteiger partial charge in [-0.15, -0.1) is 0 Å². The third-order valence-corrected chi connectivity index (χ3v) is 2.93. The third-order valence-electron chi connectivity index (χ3n) is 2.93. The second-order valence-corrected chi connectivity index (χ2v) is 4.84. The Kier molecular flexibility index (Phi) is 14.3. The summed E-state index contributed by atoms with van der Waals surface area (Å²) in [6.07, 6.45) is -13.2. The van der Waals surface area contributed by atoms with E-state index >= 15 is 0 Å². The molecule has 0 fully saturated rings. The molecule has 0 aromatic heterocycles. The summed E-state index contributed by atoms with van der Waals surface area (Å²) in [5.41, 5.74) is 0. The van der Waals surface area contributed by atoms with E-state index in [0.29, 0.717) is 0 Å². The second-order valence-electron chi connectivity index (χ2n) is 4.84. The van der Waals surface area contributed by atoms with Gasteiger partial charge in [0.05, 0.1) is 19.8 Å². The van der Waals surface area contributed by atoms with Gasteiger partial charge in [-0.05, 0) is 0 Å². The van der Waals surface area contributed by atoms with Crippen LogP contribution in [0.25, 0.3) is 0 Å². The normalized spacial score (nSPS) is 21.3. The van der Waals surface area contributed by atoms with Gasteiger partial charge in [0.1, 0.15) is 48.8 Å². The molecule has 0 saturated heterocycles. The number of hydrogen-bond donors (Lipinski definition) is 11. The van der Waals surface area contributed by atoms with Crippen molar-refractivity contribution in [3.8, 4) is 0 Å². The van der Waals surface area contributed by atoms with Gasteiger partial charge in [0.15, 0.2) is 6.29 Å². The minimum absolute atomic E-state index is 0.0258. The van der Waals surface area contributed by atoms with Crippen LogP contribution in [0, 0.1) is 0 Å². The maximum Gasteiger partial charge on any atom is 0.151 e. The van der Waals surface area contributed by atoms with Gasteiger partial charge in [0.25, 0.3) is 0 Å². The van der Waals surface area contributed by atoms with Crippen molar-refractivity contribution in [3.63, 3.8) is 0 Å². The molecule has 12 heteroatoms. The zero-order chi connectivity index (χ0) is 19.4. The molecule has 0 radical (unpaired) electrons. The van der Waals surface area contributed by atoms with E-state index < -0.39 is 68.7 Å². The van der Waals surface area contributed by atoms with Crippen LogP contribution in [-0.2, 0) is 4.79 Å². The van der Waals surface area contributed by atoms with Gasteiger partial charge in [-0.1, -0.05) is 0 Å². The smallest absolute Gasteiger partial charge is 0.151 e. The van der Waals surface area contributed by atoms with Crippen LogP contribution in [-0.4, -0.2) is 131 Å². The Morgan fingerprint density at radius 2 is 0.792 bits per heavy atom. The summed E-state index contributed by atoms with van der Waals surface area (Å²) in [7, 11) is 0. The molecule has 0 aliphatic heterocycles. The monoisotopic (exact) mass is 362 g/mol. The van der Waals surface area contributed by atoms with Gasteiger partial charge < -0.3 is 61.0 Å². The molecule has 0 aliphatic rings. The molecule has 0 rings (SSSR count). The third kappa shape index (κ3) is 8.91. The van der Waals surface area contributed by atoms with Gasteiger partial charge >= 0.3 is 0 Å². The first kappa shape index (κ1) is 25.5. The van der Waals surface area contributed by atoms with Crippen molar-refractivity contribution in [3.05, 3.63) is 0 Å². The molecular weight excluding hydrogens is 336 g/mol. The first-order valence-electron chi connectivity index (χ1n) is 6.81. The SMILES string of the molecule is O=C[C@H](O)[C@@H](O)[C@@H](O)[C@H](O)CO.OC[C@@H](O)[C@H](O)[C@H](O)[C@@H](O)CO. The van der Waals surface area contributed by atoms with Gasteiger partial charge in [0, 0.05) is 0 Å². The van der Waals surface area contributed by atoms with Crippen LogP contribution in [0.15, 0.2) is 0 Å². The van der Waals surface area contributed by atoms with Crippen molar-refractivity contribution >= 4 is 6.29 Å². The lowest BCUT2D eigenvalue weighted by molar-refractivity contribution is -0.136. The summed E-state index contributed by atoms with van der Waals surface area (Å²) in [6, 6.07) is 0. The Morgan fingerprint density at radius 3 is 1.00 bits per heavy atom. The molecule has 0 amide bonds. The zero-order valence-electron chi connectivity index (χ0n) is 12.6. The van der Waals surface area contributed by atoms with E-state index in [9.17, 15) is 4.79 Å². The predicted octanol–water partition coefficient (Wildman–Crippen LogP) is -6.96. The zero-order valence-corrected chi connectivity index (χ0v) is 12.6. The molecule has 11 N–H and O–H groups in total. The summed E-state index contributed by atoms with van der Waals surface area (Å²) in [5, 5.41) is 95.7. The number of aldehydes is 1. The maximum absolute atomic E-state index is 9.90. The van der Waals surface area contributed by atoms with Gasteiger partial charge in [-0.25, -0.2) is 0 Å². The van der Waals surface area contributed by atoms with Gasteiger partial charge in [-0.2, -0.15) is 0 Å². The van der Waals surface area contributed by atoms with Crippen LogP contribution in [0.3, 0.4) is 0 Å². The van der Waals surface area contributed by atoms with Crippen molar-refractivity contribution < 1.29 is 61.0 Å². The van der Waals surface area contributed by atoms with Crippen LogP contribution in [0.4, 0.5) is 0 Å². The highest BCUT2D eigenvalue weighted by Gasteiger charge is 2.30. The van der Waals surface area contributed by atoms with Crippen molar-refractivity contribution in [2.24, 2.45) is 0 Å². The lowest BCUT2D eigenvalue weighted by Crippen LogP contribution is -2.46. The van der Waals surface area contributed by atoms with Crippen LogP contribution in [0.2, 0.25) is 0 Å². The summed E-state index contributed by atoms with van der Waals surface area (Å²) >= 11 is 0. The Bertz CT molecular complexity index is 302. The second kappa shape index (κ2) is 13.5. The highest BCUT2D eigenvalue weighted by atomic mass is 16.4. The first-order valence-corrected chi connectivity index (χ1v) is 6.81. The molecule has 12 nitrogen and oxygen atoms in total. The highest BCUT2D eigenvalue weighted by molar-refractivity contribution is 5.56. The van der Waals surface area contributed by atoms with E-state index in [2.05, 4.69) is 0 Å². The number of hydrogen-bond acceptors (Lipinski definition) is 12. The predicted molar refractivity (Wildman–Crippen MR) is 75.4 cm³/mol. The molecule has 0 unspecified atom stereocenters. The molecule has 24 heavy (non-hydrogen) atoms. The molecule has 0 aliphatic carbocycles. The average molecular weight is 362 g/mol. The molecule has 0 aromatic carbocycles. The molecule has 0 bridgehead atoms. The largest absolute Gasteiger partial charge is 0.394 e. The molecular formula is C12H26O12. The number of carbonyl (C=O) groups is 1. The van der Waals surface area contributed by atoms with Crippen molar-refractivity contribution in [2.45, 2.75) is 48.8 Å². The van der Waals surface area contributed by atoms with Crippen LogP contribution < -0.4 is 0 Å². The summed E-state index contributed by atoms with van der Waals surface area (Å²) in [6.45, 7) is -2.21. The van der Waals surface area contributed by atoms with E-state index in [1.807, 2.05) is 0 Å². The Labute approximate surface area is 137 Å².